The van der Waals surface area contributed by atoms with Gasteiger partial charge < -0.3 is 15.1 Å². The summed E-state index contributed by atoms with van der Waals surface area (Å²) in [5, 5.41) is 6.34. The maximum absolute atomic E-state index is 12.6. The Morgan fingerprint density at radius 1 is 1.06 bits per heavy atom. The molecular formula is C24H24ClN5O2. The number of amides is 1. The number of aromatic nitrogens is 2. The van der Waals surface area contributed by atoms with Crippen molar-refractivity contribution in [1.29, 1.82) is 0 Å². The van der Waals surface area contributed by atoms with E-state index in [1.54, 1.807) is 24.5 Å². The van der Waals surface area contributed by atoms with Crippen LogP contribution in [0.2, 0.25) is 0 Å². The molecule has 1 saturated heterocycles. The topological polar surface area (TPSA) is 83.3 Å². The van der Waals surface area contributed by atoms with Gasteiger partial charge in [-0.1, -0.05) is 24.3 Å². The van der Waals surface area contributed by atoms with Gasteiger partial charge in [0.25, 0.3) is 5.91 Å². The Morgan fingerprint density at radius 3 is 2.72 bits per heavy atom. The van der Waals surface area contributed by atoms with Gasteiger partial charge in [-0.15, -0.1) is 12.4 Å². The van der Waals surface area contributed by atoms with Crippen molar-refractivity contribution >= 4 is 35.1 Å². The Hall–Kier alpha value is -3.26. The van der Waals surface area contributed by atoms with Crippen molar-refractivity contribution in [3.8, 4) is 11.5 Å². The van der Waals surface area contributed by atoms with Crippen LogP contribution < -0.4 is 10.6 Å². The largest absolute Gasteiger partial charge is 0.436 e. The molecule has 0 saturated carbocycles. The van der Waals surface area contributed by atoms with Gasteiger partial charge >= 0.3 is 0 Å². The van der Waals surface area contributed by atoms with Gasteiger partial charge in [-0.05, 0) is 35.9 Å². The third-order valence-corrected chi connectivity index (χ3v) is 5.44. The summed E-state index contributed by atoms with van der Waals surface area (Å²) in [6, 6.07) is 17.0. The second-order valence-electron chi connectivity index (χ2n) is 7.55. The van der Waals surface area contributed by atoms with Gasteiger partial charge in [-0.25, -0.2) is 4.98 Å². The number of oxazole rings is 1. The van der Waals surface area contributed by atoms with Crippen LogP contribution in [-0.2, 0) is 6.54 Å². The molecule has 5 rings (SSSR count). The van der Waals surface area contributed by atoms with Gasteiger partial charge in [0.1, 0.15) is 5.52 Å². The fraction of sp³-hybridized carbons (Fsp3) is 0.208. The molecule has 0 atom stereocenters. The van der Waals surface area contributed by atoms with E-state index in [1.165, 1.54) is 0 Å². The highest BCUT2D eigenvalue weighted by Gasteiger charge is 2.18. The fourth-order valence-electron chi connectivity index (χ4n) is 3.83. The highest BCUT2D eigenvalue weighted by atomic mass is 35.5. The minimum absolute atomic E-state index is 0. The van der Waals surface area contributed by atoms with Crippen LogP contribution in [0.3, 0.4) is 0 Å². The number of anilines is 1. The summed E-state index contributed by atoms with van der Waals surface area (Å²) in [6.45, 7) is 4.88. The minimum atomic E-state index is -0.226. The number of para-hydroxylation sites is 2. The third kappa shape index (κ3) is 4.65. The summed E-state index contributed by atoms with van der Waals surface area (Å²) in [7, 11) is 0. The third-order valence-electron chi connectivity index (χ3n) is 5.44. The molecule has 0 radical (unpaired) electrons. The molecular weight excluding hydrogens is 426 g/mol. The number of halogens is 1. The van der Waals surface area contributed by atoms with E-state index in [-0.39, 0.29) is 18.3 Å². The average Bonchev–Trinajstić information content (AvgIpc) is 3.26. The van der Waals surface area contributed by atoms with Gasteiger partial charge in [-0.3, -0.25) is 14.7 Å². The second-order valence-corrected chi connectivity index (χ2v) is 7.55. The standard InChI is InChI=1S/C24H23N5O2.ClH/c30-23(17-6-4-10-26-15-17)27-20-8-2-1-7-19(20)24-28-22-18(5-3-9-21(22)31-24)16-29-13-11-25-12-14-29;/h1-10,15,25H,11-14,16H2,(H,27,30);1H. The molecule has 2 N–H and O–H groups in total. The van der Waals surface area contributed by atoms with Gasteiger partial charge in [0.15, 0.2) is 5.58 Å². The molecule has 7 nitrogen and oxygen atoms in total. The lowest BCUT2D eigenvalue weighted by Crippen LogP contribution is -2.42. The van der Waals surface area contributed by atoms with Crippen LogP contribution >= 0.6 is 12.4 Å². The number of fused-ring (bicyclic) bond motifs is 1. The van der Waals surface area contributed by atoms with E-state index in [0.29, 0.717) is 17.1 Å². The molecule has 1 amide bonds. The zero-order valence-corrected chi connectivity index (χ0v) is 18.3. The number of hydrogen-bond acceptors (Lipinski definition) is 6. The van der Waals surface area contributed by atoms with E-state index in [4.69, 9.17) is 9.40 Å². The molecule has 32 heavy (non-hydrogen) atoms. The first-order valence-corrected chi connectivity index (χ1v) is 10.4. The highest BCUT2D eigenvalue weighted by molar-refractivity contribution is 6.05. The molecule has 4 aromatic rings. The quantitative estimate of drug-likeness (QED) is 0.479. The molecule has 0 bridgehead atoms. The Labute approximate surface area is 192 Å². The normalized spacial score (nSPS) is 14.1. The molecule has 8 heteroatoms. The molecule has 2 aromatic carbocycles. The molecule has 0 unspecified atom stereocenters. The molecule has 164 valence electrons. The van der Waals surface area contributed by atoms with Crippen LogP contribution in [0.4, 0.5) is 5.69 Å². The number of piperazine rings is 1. The molecule has 0 aliphatic carbocycles. The number of carbonyl (C=O) groups excluding carboxylic acids is 1. The van der Waals surface area contributed by atoms with Crippen LogP contribution in [0, 0.1) is 0 Å². The lowest BCUT2D eigenvalue weighted by molar-refractivity contribution is 0.102. The lowest BCUT2D eigenvalue weighted by atomic mass is 10.1. The van der Waals surface area contributed by atoms with Crippen molar-refractivity contribution in [2.75, 3.05) is 31.5 Å². The molecule has 3 heterocycles. The number of nitrogens with zero attached hydrogens (tertiary/aromatic N) is 3. The monoisotopic (exact) mass is 449 g/mol. The maximum atomic E-state index is 12.6. The van der Waals surface area contributed by atoms with Gasteiger partial charge in [0.05, 0.1) is 16.8 Å². The molecule has 1 fully saturated rings. The van der Waals surface area contributed by atoms with Crippen LogP contribution in [0.5, 0.6) is 0 Å². The van der Waals surface area contributed by atoms with E-state index in [2.05, 4.69) is 26.6 Å². The summed E-state index contributed by atoms with van der Waals surface area (Å²) >= 11 is 0. The number of benzene rings is 2. The zero-order chi connectivity index (χ0) is 21.0. The van der Waals surface area contributed by atoms with E-state index >= 15 is 0 Å². The summed E-state index contributed by atoms with van der Waals surface area (Å²) in [5.41, 5.74) is 4.63. The Morgan fingerprint density at radius 2 is 1.91 bits per heavy atom. The lowest BCUT2D eigenvalue weighted by Gasteiger charge is -2.27. The molecule has 2 aromatic heterocycles. The average molecular weight is 450 g/mol. The summed E-state index contributed by atoms with van der Waals surface area (Å²) < 4.78 is 6.11. The van der Waals surface area contributed by atoms with Crippen LogP contribution in [0.1, 0.15) is 15.9 Å². The van der Waals surface area contributed by atoms with E-state index in [1.807, 2.05) is 36.4 Å². The number of nitrogens with one attached hydrogen (secondary N) is 2. The van der Waals surface area contributed by atoms with Crippen molar-refractivity contribution in [2.45, 2.75) is 6.54 Å². The van der Waals surface area contributed by atoms with Crippen LogP contribution in [0.15, 0.2) is 71.4 Å². The number of rotatable bonds is 5. The van der Waals surface area contributed by atoms with E-state index < -0.39 is 0 Å². The Bertz CT molecular complexity index is 1210. The second kappa shape index (κ2) is 9.91. The predicted molar refractivity (Wildman–Crippen MR) is 127 cm³/mol. The zero-order valence-electron chi connectivity index (χ0n) is 17.5. The number of carbonyl (C=O) groups is 1. The maximum Gasteiger partial charge on any atom is 0.257 e. The van der Waals surface area contributed by atoms with Crippen molar-refractivity contribution in [2.24, 2.45) is 0 Å². The van der Waals surface area contributed by atoms with Gasteiger partial charge in [0.2, 0.25) is 5.89 Å². The van der Waals surface area contributed by atoms with Crippen molar-refractivity contribution in [3.63, 3.8) is 0 Å². The van der Waals surface area contributed by atoms with Crippen molar-refractivity contribution in [3.05, 3.63) is 78.1 Å². The smallest absolute Gasteiger partial charge is 0.257 e. The molecule has 1 aliphatic rings. The van der Waals surface area contributed by atoms with Crippen molar-refractivity contribution < 1.29 is 9.21 Å². The first-order valence-electron chi connectivity index (χ1n) is 10.4. The first kappa shape index (κ1) is 22.0. The number of pyridine rings is 1. The summed E-state index contributed by atoms with van der Waals surface area (Å²) in [5.74, 6) is 0.265. The van der Waals surface area contributed by atoms with E-state index in [9.17, 15) is 4.79 Å². The number of hydrogen-bond donors (Lipinski definition) is 2. The minimum Gasteiger partial charge on any atom is -0.436 e. The van der Waals surface area contributed by atoms with Crippen LogP contribution in [0.25, 0.3) is 22.6 Å². The predicted octanol–water partition coefficient (Wildman–Crippen LogP) is 3.97. The summed E-state index contributed by atoms with van der Waals surface area (Å²) in [4.78, 5) is 23.9. The summed E-state index contributed by atoms with van der Waals surface area (Å²) in [6.07, 6.45) is 3.18. The highest BCUT2D eigenvalue weighted by Crippen LogP contribution is 2.31. The Balaban J connectivity index is 0.00000245. The molecule has 1 aliphatic heterocycles. The van der Waals surface area contributed by atoms with Crippen LogP contribution in [-0.4, -0.2) is 47.0 Å². The van der Waals surface area contributed by atoms with Crippen molar-refractivity contribution in [1.82, 2.24) is 20.2 Å². The first-order chi connectivity index (χ1) is 15.3. The SMILES string of the molecule is Cl.O=C(Nc1ccccc1-c1nc2c(CN3CCNCC3)cccc2o1)c1cccnc1. The van der Waals surface area contributed by atoms with E-state index in [0.717, 1.165) is 55.0 Å². The van der Waals surface area contributed by atoms with Gasteiger partial charge in [-0.2, -0.15) is 0 Å². The molecule has 0 spiro atoms. The fourth-order valence-corrected chi connectivity index (χ4v) is 3.83. The Kier molecular flexibility index (Phi) is 6.80. The van der Waals surface area contributed by atoms with Gasteiger partial charge in [0, 0.05) is 45.1 Å².